The molecule has 0 saturated heterocycles. The molecule has 0 amide bonds. The second kappa shape index (κ2) is 4.05. The van der Waals surface area contributed by atoms with E-state index in [-0.39, 0.29) is 0 Å². The van der Waals surface area contributed by atoms with Crippen LogP contribution in [0.5, 0.6) is 0 Å². The quantitative estimate of drug-likeness (QED) is 0.560. The number of hydrogen-bond acceptors (Lipinski definition) is 2. The van der Waals surface area contributed by atoms with Gasteiger partial charge < -0.3 is 15.7 Å². The molecule has 4 heteroatoms. The maximum atomic E-state index is 9.69. The van der Waals surface area contributed by atoms with Crippen molar-refractivity contribution < 1.29 is 5.11 Å². The minimum atomic E-state index is -0.393. The summed E-state index contributed by atoms with van der Waals surface area (Å²) in [5, 5.41) is 16.2. The van der Waals surface area contributed by atoms with Crippen LogP contribution in [0, 0.1) is 0 Å². The monoisotopic (exact) mass is 188 g/mol. The van der Waals surface area contributed by atoms with Crippen LogP contribution in [-0.4, -0.2) is 29.4 Å². The van der Waals surface area contributed by atoms with Crippen molar-refractivity contribution in [2.24, 2.45) is 0 Å². The van der Waals surface area contributed by atoms with Crippen LogP contribution < -0.4 is 10.6 Å². The average Bonchev–Trinajstić information content (AvgIpc) is 2.01. The van der Waals surface area contributed by atoms with Gasteiger partial charge in [0, 0.05) is 13.6 Å². The Kier molecular flexibility index (Phi) is 3.29. The van der Waals surface area contributed by atoms with E-state index in [1.807, 2.05) is 0 Å². The van der Waals surface area contributed by atoms with E-state index in [4.69, 9.17) is 12.2 Å². The highest BCUT2D eigenvalue weighted by Gasteiger charge is 2.33. The van der Waals surface area contributed by atoms with Crippen molar-refractivity contribution in [1.29, 1.82) is 0 Å². The molecule has 3 N–H and O–H groups in total. The molecule has 1 aliphatic carbocycles. The zero-order chi connectivity index (χ0) is 9.03. The second-order valence-corrected chi connectivity index (χ2v) is 3.74. The molecular weight excluding hydrogens is 172 g/mol. The SMILES string of the molecule is CNC(=S)NCCC1(O)CCC1. The van der Waals surface area contributed by atoms with E-state index < -0.39 is 5.60 Å². The van der Waals surface area contributed by atoms with Gasteiger partial charge in [0.25, 0.3) is 0 Å². The minimum Gasteiger partial charge on any atom is -0.390 e. The normalized spacial score (nSPS) is 19.5. The topological polar surface area (TPSA) is 44.3 Å². The molecule has 0 heterocycles. The summed E-state index contributed by atoms with van der Waals surface area (Å²) < 4.78 is 0. The Bertz CT molecular complexity index is 168. The summed E-state index contributed by atoms with van der Waals surface area (Å²) in [4.78, 5) is 0. The van der Waals surface area contributed by atoms with Gasteiger partial charge in [-0.3, -0.25) is 0 Å². The van der Waals surface area contributed by atoms with Gasteiger partial charge in [-0.25, -0.2) is 0 Å². The molecule has 0 unspecified atom stereocenters. The van der Waals surface area contributed by atoms with Crippen molar-refractivity contribution in [3.63, 3.8) is 0 Å². The molecule has 3 nitrogen and oxygen atoms in total. The molecule has 0 aromatic heterocycles. The lowest BCUT2D eigenvalue weighted by atomic mass is 9.78. The molecule has 1 saturated carbocycles. The highest BCUT2D eigenvalue weighted by molar-refractivity contribution is 7.80. The summed E-state index contributed by atoms with van der Waals surface area (Å²) in [7, 11) is 1.79. The lowest BCUT2D eigenvalue weighted by Gasteiger charge is -2.36. The van der Waals surface area contributed by atoms with Gasteiger partial charge in [-0.15, -0.1) is 0 Å². The number of nitrogens with one attached hydrogen (secondary N) is 2. The Labute approximate surface area is 78.5 Å². The summed E-state index contributed by atoms with van der Waals surface area (Å²) in [5.41, 5.74) is -0.393. The first-order valence-electron chi connectivity index (χ1n) is 4.34. The second-order valence-electron chi connectivity index (χ2n) is 3.33. The first-order valence-corrected chi connectivity index (χ1v) is 4.75. The molecule has 1 aliphatic rings. The van der Waals surface area contributed by atoms with Gasteiger partial charge in [0.05, 0.1) is 5.60 Å². The average molecular weight is 188 g/mol. The third-order valence-corrected chi connectivity index (χ3v) is 2.74. The number of hydrogen-bond donors (Lipinski definition) is 3. The lowest BCUT2D eigenvalue weighted by Crippen LogP contribution is -2.42. The largest absolute Gasteiger partial charge is 0.390 e. The van der Waals surface area contributed by atoms with E-state index in [0.29, 0.717) is 5.11 Å². The smallest absolute Gasteiger partial charge is 0.166 e. The number of rotatable bonds is 3. The Balaban J connectivity index is 2.05. The summed E-state index contributed by atoms with van der Waals surface area (Å²) in [6.45, 7) is 0.760. The summed E-state index contributed by atoms with van der Waals surface area (Å²) in [5.74, 6) is 0. The van der Waals surface area contributed by atoms with Crippen molar-refractivity contribution in [3.8, 4) is 0 Å². The van der Waals surface area contributed by atoms with Gasteiger partial charge >= 0.3 is 0 Å². The van der Waals surface area contributed by atoms with Crippen molar-refractivity contribution in [3.05, 3.63) is 0 Å². The van der Waals surface area contributed by atoms with E-state index >= 15 is 0 Å². The first-order chi connectivity index (χ1) is 5.66. The summed E-state index contributed by atoms with van der Waals surface area (Å²) in [6.07, 6.45) is 3.85. The summed E-state index contributed by atoms with van der Waals surface area (Å²) in [6, 6.07) is 0. The molecule has 1 fully saturated rings. The van der Waals surface area contributed by atoms with Crippen molar-refractivity contribution in [2.45, 2.75) is 31.3 Å². The van der Waals surface area contributed by atoms with Crippen LogP contribution in [0.1, 0.15) is 25.7 Å². The van der Waals surface area contributed by atoms with Crippen LogP contribution >= 0.6 is 12.2 Å². The Morgan fingerprint density at radius 3 is 2.67 bits per heavy atom. The van der Waals surface area contributed by atoms with E-state index in [1.165, 1.54) is 0 Å². The highest BCUT2D eigenvalue weighted by atomic mass is 32.1. The predicted octanol–water partition coefficient (Wildman–Crippen LogP) is 0.385. The number of thiocarbonyl (C=S) groups is 1. The van der Waals surface area contributed by atoms with E-state index in [1.54, 1.807) is 7.05 Å². The lowest BCUT2D eigenvalue weighted by molar-refractivity contribution is -0.0386. The highest BCUT2D eigenvalue weighted by Crippen LogP contribution is 2.33. The minimum absolute atomic E-state index is 0.393. The Morgan fingerprint density at radius 1 is 1.58 bits per heavy atom. The molecule has 70 valence electrons. The van der Waals surface area contributed by atoms with Gasteiger partial charge in [0.1, 0.15) is 0 Å². The van der Waals surface area contributed by atoms with Crippen molar-refractivity contribution >= 4 is 17.3 Å². The van der Waals surface area contributed by atoms with Crippen LogP contribution in [0.2, 0.25) is 0 Å². The third kappa shape index (κ3) is 2.60. The third-order valence-electron chi connectivity index (χ3n) is 2.39. The van der Waals surface area contributed by atoms with Gasteiger partial charge in [-0.2, -0.15) is 0 Å². The van der Waals surface area contributed by atoms with Gasteiger partial charge in [0.15, 0.2) is 5.11 Å². The van der Waals surface area contributed by atoms with Crippen molar-refractivity contribution in [2.75, 3.05) is 13.6 Å². The predicted molar refractivity (Wildman–Crippen MR) is 53.1 cm³/mol. The van der Waals surface area contributed by atoms with E-state index in [0.717, 1.165) is 32.2 Å². The van der Waals surface area contributed by atoms with Gasteiger partial charge in [-0.1, -0.05) is 0 Å². The zero-order valence-corrected chi connectivity index (χ0v) is 8.21. The molecular formula is C8H16N2OS. The molecule has 1 rings (SSSR count). The fraction of sp³-hybridized carbons (Fsp3) is 0.875. The standard InChI is InChI=1S/C8H16N2OS/c1-9-7(12)10-6-5-8(11)3-2-4-8/h11H,2-6H2,1H3,(H2,9,10,12). The summed E-state index contributed by atoms with van der Waals surface area (Å²) >= 11 is 4.89. The van der Waals surface area contributed by atoms with E-state index in [9.17, 15) is 5.11 Å². The first kappa shape index (κ1) is 9.74. The van der Waals surface area contributed by atoms with Gasteiger partial charge in [-0.05, 0) is 37.9 Å². The van der Waals surface area contributed by atoms with Crippen LogP contribution in [0.4, 0.5) is 0 Å². The molecule has 12 heavy (non-hydrogen) atoms. The number of aliphatic hydroxyl groups is 1. The van der Waals surface area contributed by atoms with Crippen LogP contribution in [0.3, 0.4) is 0 Å². The van der Waals surface area contributed by atoms with E-state index in [2.05, 4.69) is 10.6 Å². The van der Waals surface area contributed by atoms with Crippen molar-refractivity contribution in [1.82, 2.24) is 10.6 Å². The van der Waals surface area contributed by atoms with Crippen LogP contribution in [0.25, 0.3) is 0 Å². The molecule has 0 spiro atoms. The molecule has 0 bridgehead atoms. The molecule has 0 aromatic carbocycles. The van der Waals surface area contributed by atoms with Gasteiger partial charge in [0.2, 0.25) is 0 Å². The zero-order valence-electron chi connectivity index (χ0n) is 7.39. The van der Waals surface area contributed by atoms with Crippen LogP contribution in [-0.2, 0) is 0 Å². The fourth-order valence-corrected chi connectivity index (χ4v) is 1.43. The van der Waals surface area contributed by atoms with Crippen LogP contribution in [0.15, 0.2) is 0 Å². The Morgan fingerprint density at radius 2 is 2.25 bits per heavy atom. The molecule has 0 atom stereocenters. The molecule has 0 radical (unpaired) electrons. The maximum Gasteiger partial charge on any atom is 0.166 e. The fourth-order valence-electron chi connectivity index (χ4n) is 1.33. The maximum absolute atomic E-state index is 9.69. The molecule has 0 aliphatic heterocycles. The Hall–Kier alpha value is -0.350. The molecule has 0 aromatic rings.